The van der Waals surface area contributed by atoms with E-state index in [1.54, 1.807) is 24.4 Å². The van der Waals surface area contributed by atoms with E-state index < -0.39 is 17.9 Å². The summed E-state index contributed by atoms with van der Waals surface area (Å²) >= 11 is 0. The van der Waals surface area contributed by atoms with Crippen LogP contribution in [0.1, 0.15) is 34.5 Å². The second-order valence-corrected chi connectivity index (χ2v) is 6.61. The lowest BCUT2D eigenvalue weighted by atomic mass is 10.0. The van der Waals surface area contributed by atoms with Crippen LogP contribution in [0.5, 0.6) is 0 Å². The van der Waals surface area contributed by atoms with E-state index >= 15 is 0 Å². The number of benzene rings is 1. The molecule has 1 N–H and O–H groups in total. The van der Waals surface area contributed by atoms with Gasteiger partial charge < -0.3 is 9.64 Å². The van der Waals surface area contributed by atoms with Gasteiger partial charge in [-0.15, -0.1) is 5.10 Å². The first-order valence-electron chi connectivity index (χ1n) is 8.73. The minimum Gasteiger partial charge on any atom is -0.469 e. The third-order valence-electron chi connectivity index (χ3n) is 4.90. The van der Waals surface area contributed by atoms with Crippen molar-refractivity contribution >= 4 is 23.7 Å². The van der Waals surface area contributed by atoms with Crippen molar-refractivity contribution in [2.24, 2.45) is 0 Å². The summed E-state index contributed by atoms with van der Waals surface area (Å²) in [5, 5.41) is 10.3. The Bertz CT molecular complexity index is 998. The first kappa shape index (κ1) is 17.8. The Labute approximate surface area is 159 Å². The van der Waals surface area contributed by atoms with Crippen molar-refractivity contribution in [2.45, 2.75) is 31.8 Å². The quantitative estimate of drug-likeness (QED) is 0.570. The number of hydrogen-bond acceptors (Lipinski definition) is 7. The first-order chi connectivity index (χ1) is 13.5. The molecule has 1 aromatic carbocycles. The number of esters is 1. The minimum absolute atomic E-state index is 0.00709. The molecule has 1 saturated heterocycles. The fraction of sp³-hybridized carbons (Fsp3) is 0.333. The summed E-state index contributed by atoms with van der Waals surface area (Å²) in [6.07, 6.45) is 2.09. The fourth-order valence-corrected chi connectivity index (χ4v) is 3.50. The number of carbonyl (C=O) groups is 4. The molecule has 0 bridgehead atoms. The Balaban J connectivity index is 1.62. The molecule has 144 valence electrons. The molecule has 2 aliphatic rings. The van der Waals surface area contributed by atoms with Crippen molar-refractivity contribution in [1.29, 1.82) is 0 Å². The highest BCUT2D eigenvalue weighted by Crippen LogP contribution is 2.31. The second kappa shape index (κ2) is 6.87. The van der Waals surface area contributed by atoms with Crippen molar-refractivity contribution in [2.75, 3.05) is 7.11 Å². The topological polar surface area (TPSA) is 123 Å². The lowest BCUT2D eigenvalue weighted by Gasteiger charge is -2.29. The summed E-state index contributed by atoms with van der Waals surface area (Å²) in [5.41, 5.74) is 2.28. The highest BCUT2D eigenvalue weighted by Gasteiger charge is 2.40. The predicted octanol–water partition coefficient (Wildman–Crippen LogP) is -0.256. The number of rotatable bonds is 4. The molecule has 28 heavy (non-hydrogen) atoms. The van der Waals surface area contributed by atoms with E-state index in [1.165, 1.54) is 16.7 Å². The summed E-state index contributed by atoms with van der Waals surface area (Å²) in [4.78, 5) is 49.3. The van der Waals surface area contributed by atoms with E-state index in [0.717, 1.165) is 0 Å². The molecular formula is C18H17N5O5. The molecule has 0 spiro atoms. The molecule has 3 heterocycles. The highest BCUT2D eigenvalue weighted by atomic mass is 16.5. The predicted molar refractivity (Wildman–Crippen MR) is 93.1 cm³/mol. The summed E-state index contributed by atoms with van der Waals surface area (Å²) in [5.74, 6) is -1.47. The molecule has 0 radical (unpaired) electrons. The highest BCUT2D eigenvalue weighted by molar-refractivity contribution is 6.05. The van der Waals surface area contributed by atoms with Gasteiger partial charge in [0.1, 0.15) is 6.04 Å². The Morgan fingerprint density at radius 1 is 1.32 bits per heavy atom. The van der Waals surface area contributed by atoms with Crippen LogP contribution in [0.3, 0.4) is 0 Å². The lowest BCUT2D eigenvalue weighted by molar-refractivity contribution is -0.140. The van der Waals surface area contributed by atoms with E-state index in [1.807, 2.05) is 0 Å². The Hall–Kier alpha value is -3.56. The molecular weight excluding hydrogens is 366 g/mol. The standard InChI is InChI=1S/C18H17N5O5/c1-28-16(25)7-10-8-23(21-20-10)13-4-2-3-11-12(13)9-22(18(11)27)14-5-6-15(24)19-17(14)26/h2-4,8,14H,5-7,9H2,1H3,(H,19,24,26). The number of methoxy groups -OCH3 is 1. The van der Waals surface area contributed by atoms with Gasteiger partial charge in [0.05, 0.1) is 31.1 Å². The van der Waals surface area contributed by atoms with Gasteiger partial charge in [0, 0.05) is 24.1 Å². The van der Waals surface area contributed by atoms with Crippen molar-refractivity contribution < 1.29 is 23.9 Å². The molecule has 3 amide bonds. The van der Waals surface area contributed by atoms with Crippen LogP contribution in [0, 0.1) is 0 Å². The summed E-state index contributed by atoms with van der Waals surface area (Å²) in [7, 11) is 1.30. The van der Waals surface area contributed by atoms with Gasteiger partial charge in [0.25, 0.3) is 5.91 Å². The number of aromatic nitrogens is 3. The molecule has 1 aromatic heterocycles. The number of hydrogen-bond donors (Lipinski definition) is 1. The SMILES string of the molecule is COC(=O)Cc1cn(-c2cccc3c2CN(C2CCC(=O)NC2=O)C3=O)nn1. The monoisotopic (exact) mass is 383 g/mol. The maximum Gasteiger partial charge on any atom is 0.311 e. The number of amides is 3. The third kappa shape index (κ3) is 3.02. The van der Waals surface area contributed by atoms with E-state index in [4.69, 9.17) is 0 Å². The fourth-order valence-electron chi connectivity index (χ4n) is 3.50. The van der Waals surface area contributed by atoms with Gasteiger partial charge in [0.2, 0.25) is 11.8 Å². The van der Waals surface area contributed by atoms with Gasteiger partial charge in [-0.25, -0.2) is 4.68 Å². The zero-order valence-electron chi connectivity index (χ0n) is 15.0. The third-order valence-corrected chi connectivity index (χ3v) is 4.90. The summed E-state index contributed by atoms with van der Waals surface area (Å²) in [6.45, 7) is 0.225. The molecule has 10 nitrogen and oxygen atoms in total. The minimum atomic E-state index is -0.684. The maximum absolute atomic E-state index is 12.9. The van der Waals surface area contributed by atoms with E-state index in [9.17, 15) is 19.2 Å². The molecule has 0 saturated carbocycles. The van der Waals surface area contributed by atoms with Crippen LogP contribution < -0.4 is 5.32 Å². The van der Waals surface area contributed by atoms with Crippen molar-refractivity contribution in [3.8, 4) is 5.69 Å². The largest absolute Gasteiger partial charge is 0.469 e. The lowest BCUT2D eigenvalue weighted by Crippen LogP contribution is -2.52. The number of fused-ring (bicyclic) bond motifs is 1. The number of nitrogens with one attached hydrogen (secondary N) is 1. The van der Waals surface area contributed by atoms with Crippen LogP contribution in [0.4, 0.5) is 0 Å². The average molecular weight is 383 g/mol. The zero-order chi connectivity index (χ0) is 19.8. The number of piperidine rings is 1. The van der Waals surface area contributed by atoms with Gasteiger partial charge in [-0.1, -0.05) is 11.3 Å². The van der Waals surface area contributed by atoms with Crippen molar-refractivity contribution in [3.63, 3.8) is 0 Å². The Morgan fingerprint density at radius 3 is 2.89 bits per heavy atom. The Kier molecular flexibility index (Phi) is 4.38. The van der Waals surface area contributed by atoms with Crippen LogP contribution in [0.15, 0.2) is 24.4 Å². The van der Waals surface area contributed by atoms with Crippen molar-refractivity contribution in [3.05, 3.63) is 41.2 Å². The van der Waals surface area contributed by atoms with Crippen LogP contribution in [-0.4, -0.2) is 56.7 Å². The number of ether oxygens (including phenoxy) is 1. The average Bonchev–Trinajstić information content (AvgIpc) is 3.26. The number of imide groups is 1. The van der Waals surface area contributed by atoms with Crippen LogP contribution >= 0.6 is 0 Å². The van der Waals surface area contributed by atoms with Crippen LogP contribution in [0.2, 0.25) is 0 Å². The number of nitrogens with zero attached hydrogens (tertiary/aromatic N) is 4. The Morgan fingerprint density at radius 2 is 2.14 bits per heavy atom. The first-order valence-corrected chi connectivity index (χ1v) is 8.73. The smallest absolute Gasteiger partial charge is 0.311 e. The molecule has 2 aliphatic heterocycles. The second-order valence-electron chi connectivity index (χ2n) is 6.61. The van der Waals surface area contributed by atoms with Gasteiger partial charge in [0.15, 0.2) is 0 Å². The summed E-state index contributed by atoms with van der Waals surface area (Å²) < 4.78 is 6.13. The van der Waals surface area contributed by atoms with Gasteiger partial charge >= 0.3 is 5.97 Å². The van der Waals surface area contributed by atoms with E-state index in [2.05, 4.69) is 20.4 Å². The molecule has 0 aliphatic carbocycles. The van der Waals surface area contributed by atoms with E-state index in [-0.39, 0.29) is 31.2 Å². The van der Waals surface area contributed by atoms with Crippen LogP contribution in [0.25, 0.3) is 5.69 Å². The van der Waals surface area contributed by atoms with Crippen LogP contribution in [-0.2, 0) is 32.1 Å². The molecule has 1 fully saturated rings. The molecule has 1 atom stereocenters. The molecule has 4 rings (SSSR count). The number of carbonyl (C=O) groups excluding carboxylic acids is 4. The van der Waals surface area contributed by atoms with Gasteiger partial charge in [-0.2, -0.15) is 0 Å². The maximum atomic E-state index is 12.9. The normalized spacial score (nSPS) is 18.8. The molecule has 1 unspecified atom stereocenters. The molecule has 2 aromatic rings. The van der Waals surface area contributed by atoms with E-state index in [0.29, 0.717) is 28.9 Å². The van der Waals surface area contributed by atoms with Crippen molar-refractivity contribution in [1.82, 2.24) is 25.2 Å². The zero-order valence-corrected chi connectivity index (χ0v) is 15.0. The van der Waals surface area contributed by atoms with Gasteiger partial charge in [-0.3, -0.25) is 24.5 Å². The summed E-state index contributed by atoms with van der Waals surface area (Å²) in [6, 6.07) is 4.52. The van der Waals surface area contributed by atoms with Gasteiger partial charge in [-0.05, 0) is 18.6 Å². The molecule has 10 heteroatoms.